The van der Waals surface area contributed by atoms with Gasteiger partial charge in [0.05, 0.1) is 36.8 Å². The SMILES string of the molecule is C=C(NCCCCN(C(C)C)S(=O)(=O)c1cc(COC2(c3cnccc3-c3ccccc3OC3CC3)CC2)c(Cl)cc1F)N[C@@H](CO)CCC(C)CO. The Morgan fingerprint density at radius 1 is 1.09 bits per heavy atom. The number of sulfonamides is 1. The summed E-state index contributed by atoms with van der Waals surface area (Å²) in [7, 11) is -4.23. The van der Waals surface area contributed by atoms with E-state index in [4.69, 9.17) is 21.1 Å². The first kappa shape index (κ1) is 40.9. The Morgan fingerprint density at radius 2 is 1.85 bits per heavy atom. The monoisotopic (exact) mass is 772 g/mol. The molecule has 2 aliphatic rings. The Morgan fingerprint density at radius 3 is 2.53 bits per heavy atom. The molecule has 290 valence electrons. The molecule has 0 bridgehead atoms. The van der Waals surface area contributed by atoms with E-state index in [-0.39, 0.29) is 49.5 Å². The van der Waals surface area contributed by atoms with E-state index in [1.807, 2.05) is 43.5 Å². The standard InChI is InChI=1S/C40H54ClFN4O6S/c1-27(2)46(20-8-7-18-44-29(4)45-31(25-48)12-11-28(3)24-47)53(49,50)39-21-30(36(41)22-37(39)42)26-51-40(16-17-40)35-23-43-19-15-33(35)34-9-5-6-10-38(34)52-32-13-14-32/h5-6,9-10,15,19,21-23,27-28,31-32,44-45,47-48H,4,7-8,11-14,16-18,20,24-26H2,1-3H3/t28?,31-/m1/s1. The van der Waals surface area contributed by atoms with Gasteiger partial charge in [0.2, 0.25) is 10.0 Å². The van der Waals surface area contributed by atoms with Gasteiger partial charge in [-0.15, -0.1) is 0 Å². The minimum absolute atomic E-state index is 0.0148. The number of para-hydroxylation sites is 1. The molecular weight excluding hydrogens is 719 g/mol. The van der Waals surface area contributed by atoms with Crippen molar-refractivity contribution in [3.8, 4) is 16.9 Å². The molecule has 0 radical (unpaired) electrons. The third kappa shape index (κ3) is 10.7. The Balaban J connectivity index is 1.22. The molecule has 10 nitrogen and oxygen atoms in total. The smallest absolute Gasteiger partial charge is 0.246 e. The van der Waals surface area contributed by atoms with Crippen molar-refractivity contribution in [3.05, 3.63) is 89.2 Å². The summed E-state index contributed by atoms with van der Waals surface area (Å²) in [6.07, 6.45) is 9.97. The number of aromatic nitrogens is 1. The number of pyridine rings is 1. The molecule has 0 saturated heterocycles. The lowest BCUT2D eigenvalue weighted by atomic mass is 9.96. The van der Waals surface area contributed by atoms with E-state index >= 15 is 4.39 Å². The number of aliphatic hydroxyl groups is 2. The fourth-order valence-electron chi connectivity index (χ4n) is 6.35. The molecule has 0 spiro atoms. The Kier molecular flexibility index (Phi) is 14.2. The molecule has 1 unspecified atom stereocenters. The second-order valence-electron chi connectivity index (χ2n) is 14.6. The number of nitrogens with one attached hydrogen (secondary N) is 2. The van der Waals surface area contributed by atoms with Crippen LogP contribution in [0.3, 0.4) is 0 Å². The van der Waals surface area contributed by atoms with Crippen molar-refractivity contribution in [2.24, 2.45) is 5.92 Å². The maximum absolute atomic E-state index is 15.5. The first-order chi connectivity index (χ1) is 25.4. The average Bonchev–Trinajstić information content (AvgIpc) is 4.08. The molecule has 0 amide bonds. The van der Waals surface area contributed by atoms with Gasteiger partial charge in [-0.25, -0.2) is 12.8 Å². The summed E-state index contributed by atoms with van der Waals surface area (Å²) in [4.78, 5) is 3.98. The first-order valence-electron chi connectivity index (χ1n) is 18.6. The largest absolute Gasteiger partial charge is 0.490 e. The van der Waals surface area contributed by atoms with Gasteiger partial charge in [-0.3, -0.25) is 4.98 Å². The lowest BCUT2D eigenvalue weighted by Crippen LogP contribution is -2.39. The number of aliphatic hydroxyl groups excluding tert-OH is 2. The summed E-state index contributed by atoms with van der Waals surface area (Å²) in [5.74, 6) is 0.612. The van der Waals surface area contributed by atoms with Crippen molar-refractivity contribution in [3.63, 3.8) is 0 Å². The summed E-state index contributed by atoms with van der Waals surface area (Å²) in [5, 5.41) is 25.4. The van der Waals surface area contributed by atoms with Crippen LogP contribution in [0.25, 0.3) is 11.1 Å². The summed E-state index contributed by atoms with van der Waals surface area (Å²) in [5.41, 5.74) is 2.57. The molecule has 3 aromatic rings. The highest BCUT2D eigenvalue weighted by Gasteiger charge is 2.48. The van der Waals surface area contributed by atoms with Crippen molar-refractivity contribution in [2.75, 3.05) is 26.3 Å². The van der Waals surface area contributed by atoms with E-state index in [0.29, 0.717) is 37.2 Å². The van der Waals surface area contributed by atoms with Crippen LogP contribution in [0.4, 0.5) is 4.39 Å². The van der Waals surface area contributed by atoms with E-state index in [1.54, 1.807) is 20.0 Å². The average molecular weight is 773 g/mol. The number of hydrogen-bond acceptors (Lipinski definition) is 9. The number of rotatable bonds is 23. The maximum atomic E-state index is 15.5. The lowest BCUT2D eigenvalue weighted by Gasteiger charge is -2.27. The van der Waals surface area contributed by atoms with Crippen LogP contribution >= 0.6 is 11.6 Å². The van der Waals surface area contributed by atoms with Crippen LogP contribution in [0.5, 0.6) is 5.75 Å². The molecule has 1 aromatic heterocycles. The molecule has 2 aliphatic carbocycles. The number of halogens is 2. The summed E-state index contributed by atoms with van der Waals surface area (Å²) >= 11 is 6.51. The van der Waals surface area contributed by atoms with Gasteiger partial charge in [0.25, 0.3) is 0 Å². The Hall–Kier alpha value is -3.26. The summed E-state index contributed by atoms with van der Waals surface area (Å²) in [6, 6.07) is 11.7. The van der Waals surface area contributed by atoms with Crippen molar-refractivity contribution < 1.29 is 32.5 Å². The maximum Gasteiger partial charge on any atom is 0.246 e. The molecule has 2 aromatic carbocycles. The third-order valence-corrected chi connectivity index (χ3v) is 12.3. The van der Waals surface area contributed by atoms with Crippen molar-refractivity contribution in [1.82, 2.24) is 19.9 Å². The zero-order valence-electron chi connectivity index (χ0n) is 31.0. The fourth-order valence-corrected chi connectivity index (χ4v) is 8.33. The highest BCUT2D eigenvalue weighted by atomic mass is 35.5. The molecule has 2 fully saturated rings. The molecule has 2 saturated carbocycles. The predicted octanol–water partition coefficient (Wildman–Crippen LogP) is 6.89. The number of nitrogens with zero attached hydrogens (tertiary/aromatic N) is 2. The van der Waals surface area contributed by atoms with Gasteiger partial charge >= 0.3 is 0 Å². The van der Waals surface area contributed by atoms with Crippen LogP contribution < -0.4 is 15.4 Å². The van der Waals surface area contributed by atoms with E-state index < -0.39 is 32.4 Å². The normalized spacial score (nSPS) is 16.4. The van der Waals surface area contributed by atoms with Gasteiger partial charge in [0.15, 0.2) is 0 Å². The van der Waals surface area contributed by atoms with Crippen molar-refractivity contribution in [2.45, 2.75) is 107 Å². The summed E-state index contributed by atoms with van der Waals surface area (Å²) < 4.78 is 57.5. The second kappa shape index (κ2) is 18.4. The van der Waals surface area contributed by atoms with Crippen LogP contribution in [-0.2, 0) is 27.0 Å². The quantitative estimate of drug-likeness (QED) is 0.0762. The van der Waals surface area contributed by atoms with E-state index in [9.17, 15) is 18.6 Å². The lowest BCUT2D eigenvalue weighted by molar-refractivity contribution is 0.0172. The molecule has 0 aliphatic heterocycles. The van der Waals surface area contributed by atoms with Crippen molar-refractivity contribution >= 4 is 21.6 Å². The number of unbranched alkanes of at least 4 members (excludes halogenated alkanes) is 1. The van der Waals surface area contributed by atoms with E-state index in [1.165, 1.54) is 10.4 Å². The minimum Gasteiger partial charge on any atom is -0.490 e. The van der Waals surface area contributed by atoms with Gasteiger partial charge in [0.1, 0.15) is 16.5 Å². The fraction of sp³-hybridized carbons (Fsp3) is 0.525. The zero-order valence-corrected chi connectivity index (χ0v) is 32.6. The molecule has 13 heteroatoms. The van der Waals surface area contributed by atoms with E-state index in [2.05, 4.69) is 22.2 Å². The highest BCUT2D eigenvalue weighted by molar-refractivity contribution is 7.89. The molecule has 53 heavy (non-hydrogen) atoms. The minimum atomic E-state index is -4.23. The highest BCUT2D eigenvalue weighted by Crippen LogP contribution is 2.53. The van der Waals surface area contributed by atoms with Crippen LogP contribution in [-0.4, -0.2) is 72.4 Å². The summed E-state index contributed by atoms with van der Waals surface area (Å²) in [6.45, 7) is 10.2. The molecule has 4 N–H and O–H groups in total. The second-order valence-corrected chi connectivity index (χ2v) is 16.9. The molecule has 5 rings (SSSR count). The van der Waals surface area contributed by atoms with Crippen LogP contribution in [0.2, 0.25) is 5.02 Å². The van der Waals surface area contributed by atoms with Gasteiger partial charge in [0, 0.05) is 54.3 Å². The molecular formula is C40H54ClFN4O6S. The Labute approximate surface area is 318 Å². The third-order valence-electron chi connectivity index (χ3n) is 9.84. The van der Waals surface area contributed by atoms with E-state index in [0.717, 1.165) is 60.6 Å². The topological polar surface area (TPSA) is 133 Å². The van der Waals surface area contributed by atoms with Gasteiger partial charge < -0.3 is 30.3 Å². The van der Waals surface area contributed by atoms with Crippen LogP contribution in [0, 0.1) is 11.7 Å². The zero-order chi connectivity index (χ0) is 38.2. The van der Waals surface area contributed by atoms with Crippen LogP contribution in [0.15, 0.2) is 72.2 Å². The van der Waals surface area contributed by atoms with Crippen LogP contribution in [0.1, 0.15) is 83.3 Å². The first-order valence-corrected chi connectivity index (χ1v) is 20.5. The number of benzene rings is 2. The number of hydrogen-bond donors (Lipinski definition) is 4. The van der Waals surface area contributed by atoms with Gasteiger partial charge in [-0.05, 0) is 107 Å². The van der Waals surface area contributed by atoms with Gasteiger partial charge in [-0.2, -0.15) is 4.31 Å². The molecule has 1 heterocycles. The number of ether oxygens (including phenoxy) is 2. The van der Waals surface area contributed by atoms with Gasteiger partial charge in [-0.1, -0.05) is 43.3 Å². The molecule has 2 atom stereocenters. The Bertz CT molecular complexity index is 1800. The van der Waals surface area contributed by atoms with Crippen molar-refractivity contribution in [1.29, 1.82) is 0 Å². The predicted molar refractivity (Wildman–Crippen MR) is 205 cm³/mol.